The van der Waals surface area contributed by atoms with Crippen molar-refractivity contribution in [1.82, 2.24) is 0 Å². The fourth-order valence-electron chi connectivity index (χ4n) is 0. The zero-order valence-electron chi connectivity index (χ0n) is 8.64. The third-order valence-corrected chi connectivity index (χ3v) is 0. The van der Waals surface area contributed by atoms with Crippen LogP contribution in [-0.4, -0.2) is 60.8 Å². The zero-order chi connectivity index (χ0) is 0. The molecule has 0 aliphatic heterocycles. The van der Waals surface area contributed by atoms with Crippen LogP contribution in [0.1, 0.15) is 7.13 Å². The summed E-state index contributed by atoms with van der Waals surface area (Å²) in [6, 6.07) is 0. The van der Waals surface area contributed by atoms with E-state index < -0.39 is 0 Å². The predicted molar refractivity (Wildman–Crippen MR) is 38.8 cm³/mol. The monoisotopic (exact) mass is 216 g/mol. The van der Waals surface area contributed by atoms with Crippen LogP contribution in [0.25, 0.3) is 0 Å². The van der Waals surface area contributed by atoms with Crippen molar-refractivity contribution >= 4 is 98.0 Å². The quantitative estimate of drug-likeness (QED) is 0.415. The zero-order valence-corrected chi connectivity index (χ0v) is 12.8. The van der Waals surface area contributed by atoms with Gasteiger partial charge >= 0.3 is 112 Å². The SMILES string of the molecule is Cl.Cl.Cl.[Ca+2].[H-].[H-].[H-].[H-].[H-].[K+].[Mg+2]. The van der Waals surface area contributed by atoms with Crippen molar-refractivity contribution in [3.05, 3.63) is 0 Å². The standard InChI is InChI=1S/Ca.3ClH.K.Mg.5H/h;3*1H;;;;;;;/q+2;;;;+1;+2;5*-1. The van der Waals surface area contributed by atoms with Crippen molar-refractivity contribution in [2.24, 2.45) is 0 Å². The molecule has 0 saturated carbocycles. The van der Waals surface area contributed by atoms with Crippen molar-refractivity contribution in [3.8, 4) is 0 Å². The molecule has 6 heteroatoms. The molecule has 34 valence electrons. The molecule has 0 aromatic rings. The Morgan fingerprint density at radius 3 is 0.833 bits per heavy atom. The topological polar surface area (TPSA) is 0 Å². The van der Waals surface area contributed by atoms with Crippen LogP contribution < -0.4 is 51.4 Å². The van der Waals surface area contributed by atoms with E-state index in [0.717, 1.165) is 0 Å². The van der Waals surface area contributed by atoms with Gasteiger partial charge < -0.3 is 7.13 Å². The molecule has 0 aromatic carbocycles. The number of rotatable bonds is 0. The molecule has 0 atom stereocenters. The van der Waals surface area contributed by atoms with Gasteiger partial charge in [0.2, 0.25) is 0 Å². The van der Waals surface area contributed by atoms with Crippen LogP contribution in [0.4, 0.5) is 0 Å². The van der Waals surface area contributed by atoms with Crippen LogP contribution in [0.3, 0.4) is 0 Å². The van der Waals surface area contributed by atoms with Gasteiger partial charge in [-0.25, -0.2) is 0 Å². The summed E-state index contributed by atoms with van der Waals surface area (Å²) in [4.78, 5) is 0. The summed E-state index contributed by atoms with van der Waals surface area (Å²) in [6.07, 6.45) is 0. The summed E-state index contributed by atoms with van der Waals surface area (Å²) in [5.74, 6) is 0. The molecule has 0 heterocycles. The Labute approximate surface area is 153 Å². The van der Waals surface area contributed by atoms with Crippen LogP contribution in [0.15, 0.2) is 0 Å². The average Bonchev–Trinajstić information content (AvgIpc) is 0. The molecule has 6 heavy (non-hydrogen) atoms. The second kappa shape index (κ2) is 33.8. The predicted octanol–water partition coefficient (Wildman–Crippen LogP) is -1.93. The summed E-state index contributed by atoms with van der Waals surface area (Å²) < 4.78 is 0. The van der Waals surface area contributed by atoms with Crippen LogP contribution in [-0.2, 0) is 0 Å². The molecule has 0 unspecified atom stereocenters. The maximum Gasteiger partial charge on any atom is 2.00 e. The Morgan fingerprint density at radius 2 is 0.833 bits per heavy atom. The van der Waals surface area contributed by atoms with Gasteiger partial charge in [0.25, 0.3) is 0 Å². The third-order valence-electron chi connectivity index (χ3n) is 0. The molecule has 0 bridgehead atoms. The molecular weight excluding hydrogens is 210 g/mol. The van der Waals surface area contributed by atoms with E-state index in [0.29, 0.717) is 0 Å². The second-order valence-corrected chi connectivity index (χ2v) is 0. The van der Waals surface area contributed by atoms with Crippen LogP contribution in [0, 0.1) is 0 Å². The van der Waals surface area contributed by atoms with E-state index in [4.69, 9.17) is 0 Å². The molecule has 0 aromatic heterocycles. The molecule has 0 radical (unpaired) electrons. The van der Waals surface area contributed by atoms with Gasteiger partial charge in [-0.05, 0) is 0 Å². The number of hydrogen-bond donors (Lipinski definition) is 0. The van der Waals surface area contributed by atoms with Crippen LogP contribution in [0.2, 0.25) is 0 Å². The second-order valence-electron chi connectivity index (χ2n) is 0. The van der Waals surface area contributed by atoms with E-state index in [1.165, 1.54) is 0 Å². The van der Waals surface area contributed by atoms with Gasteiger partial charge in [0.15, 0.2) is 0 Å². The minimum atomic E-state index is 0. The van der Waals surface area contributed by atoms with Crippen LogP contribution in [0.5, 0.6) is 0 Å². The Morgan fingerprint density at radius 1 is 0.833 bits per heavy atom. The molecule has 0 rings (SSSR count). The van der Waals surface area contributed by atoms with Crippen molar-refractivity contribution in [1.29, 1.82) is 0 Å². The van der Waals surface area contributed by atoms with Crippen molar-refractivity contribution in [2.75, 3.05) is 0 Å². The molecule has 0 nitrogen and oxygen atoms in total. The molecule has 0 saturated heterocycles. The van der Waals surface area contributed by atoms with Crippen molar-refractivity contribution < 1.29 is 58.5 Å². The van der Waals surface area contributed by atoms with Gasteiger partial charge in [-0.3, -0.25) is 0 Å². The van der Waals surface area contributed by atoms with Gasteiger partial charge in [0.05, 0.1) is 0 Å². The first-order valence-electron chi connectivity index (χ1n) is 0. The third kappa shape index (κ3) is 23.6. The maximum absolute atomic E-state index is 0. The Kier molecular flexibility index (Phi) is 262. The number of hydrogen-bond acceptors (Lipinski definition) is 0. The molecule has 0 spiro atoms. The van der Waals surface area contributed by atoms with E-state index in [9.17, 15) is 0 Å². The fraction of sp³-hybridized carbons (Fsp3) is 0. The van der Waals surface area contributed by atoms with Gasteiger partial charge in [-0.1, -0.05) is 0 Å². The van der Waals surface area contributed by atoms with E-state index in [1.54, 1.807) is 0 Å². The molecular formula is H8CaCl3KMg. The minimum Gasteiger partial charge on any atom is -1.00 e. The fourth-order valence-corrected chi connectivity index (χ4v) is 0. The normalized spacial score (nSPS) is 0. The Bertz CT molecular complexity index is 21.7. The van der Waals surface area contributed by atoms with E-state index in [2.05, 4.69) is 0 Å². The van der Waals surface area contributed by atoms with Crippen molar-refractivity contribution in [3.63, 3.8) is 0 Å². The first-order chi connectivity index (χ1) is 0. The Hall–Kier alpha value is 4.53. The van der Waals surface area contributed by atoms with E-state index in [1.807, 2.05) is 0 Å². The van der Waals surface area contributed by atoms with Crippen LogP contribution >= 0.6 is 37.2 Å². The minimum absolute atomic E-state index is 0. The van der Waals surface area contributed by atoms with E-state index >= 15 is 0 Å². The van der Waals surface area contributed by atoms with E-state index in [-0.39, 0.29) is 157 Å². The largest absolute Gasteiger partial charge is 2.00 e. The summed E-state index contributed by atoms with van der Waals surface area (Å²) in [5.41, 5.74) is 0. The average molecular weight is 218 g/mol. The van der Waals surface area contributed by atoms with Gasteiger partial charge in [0.1, 0.15) is 0 Å². The first-order valence-corrected chi connectivity index (χ1v) is 0. The summed E-state index contributed by atoms with van der Waals surface area (Å²) >= 11 is 0. The maximum atomic E-state index is 0. The van der Waals surface area contributed by atoms with Gasteiger partial charge in [-0.2, -0.15) is 0 Å². The Balaban J connectivity index is 0. The summed E-state index contributed by atoms with van der Waals surface area (Å²) in [5, 5.41) is 0. The molecule has 0 aliphatic carbocycles. The molecule has 0 fully saturated rings. The van der Waals surface area contributed by atoms with Crippen molar-refractivity contribution in [2.45, 2.75) is 0 Å². The summed E-state index contributed by atoms with van der Waals surface area (Å²) in [7, 11) is 0. The number of halogens is 3. The molecule has 0 amide bonds. The van der Waals surface area contributed by atoms with Gasteiger partial charge in [-0.15, -0.1) is 37.2 Å². The first kappa shape index (κ1) is 46.6. The van der Waals surface area contributed by atoms with Gasteiger partial charge in [0, 0.05) is 0 Å². The molecule has 0 N–H and O–H groups in total. The smallest absolute Gasteiger partial charge is 1.00 e. The summed E-state index contributed by atoms with van der Waals surface area (Å²) in [6.45, 7) is 0. The molecule has 0 aliphatic rings.